The Labute approximate surface area is 159 Å². The number of benzene rings is 1. The molecule has 3 aromatic rings. The first-order valence-electron chi connectivity index (χ1n) is 7.91. The van der Waals surface area contributed by atoms with Gasteiger partial charge in [-0.15, -0.1) is 16.4 Å². The highest BCUT2D eigenvalue weighted by Crippen LogP contribution is 2.20. The highest BCUT2D eigenvalue weighted by atomic mass is 32.2. The lowest BCUT2D eigenvalue weighted by molar-refractivity contribution is -0.116. The van der Waals surface area contributed by atoms with Crippen LogP contribution in [0, 0.1) is 11.3 Å². The molecule has 0 radical (unpaired) electrons. The number of anilines is 1. The number of nitriles is 1. The Hall–Kier alpha value is -2.70. The Morgan fingerprint density at radius 1 is 1.27 bits per heavy atom. The van der Waals surface area contributed by atoms with E-state index in [2.05, 4.69) is 21.6 Å². The van der Waals surface area contributed by atoms with Crippen molar-refractivity contribution in [2.45, 2.75) is 18.1 Å². The zero-order chi connectivity index (χ0) is 18.2. The summed E-state index contributed by atoms with van der Waals surface area (Å²) < 4.78 is 1.69. The maximum Gasteiger partial charge on any atom is 0.237 e. The summed E-state index contributed by atoms with van der Waals surface area (Å²) in [5, 5.41) is 23.2. The predicted octanol–water partition coefficient (Wildman–Crippen LogP) is 2.82. The Kier molecular flexibility index (Phi) is 6.35. The molecule has 0 unspecified atom stereocenters. The van der Waals surface area contributed by atoms with Crippen molar-refractivity contribution in [3.05, 3.63) is 52.7 Å². The molecule has 2 heterocycles. The van der Waals surface area contributed by atoms with E-state index in [9.17, 15) is 4.79 Å². The van der Waals surface area contributed by atoms with Crippen LogP contribution in [0.3, 0.4) is 0 Å². The summed E-state index contributed by atoms with van der Waals surface area (Å²) >= 11 is 2.93. The largest absolute Gasteiger partial charge is 0.311 e. The van der Waals surface area contributed by atoms with E-state index in [0.29, 0.717) is 18.2 Å². The third kappa shape index (κ3) is 4.68. The molecule has 0 spiro atoms. The van der Waals surface area contributed by atoms with Gasteiger partial charge in [0.2, 0.25) is 11.1 Å². The third-order valence-electron chi connectivity index (χ3n) is 3.53. The van der Waals surface area contributed by atoms with Crippen LogP contribution in [0.25, 0.3) is 0 Å². The fourth-order valence-corrected chi connectivity index (χ4v) is 3.76. The molecule has 0 aliphatic carbocycles. The fraction of sp³-hybridized carbons (Fsp3) is 0.235. The first-order valence-corrected chi connectivity index (χ1v) is 9.78. The molecule has 0 bridgehead atoms. The number of hydrogen-bond acceptors (Lipinski definition) is 7. The van der Waals surface area contributed by atoms with Gasteiger partial charge in [0.1, 0.15) is 0 Å². The molecule has 0 N–H and O–H groups in total. The maximum absolute atomic E-state index is 12.7. The van der Waals surface area contributed by atoms with Crippen LogP contribution >= 0.6 is 23.1 Å². The van der Waals surface area contributed by atoms with Crippen molar-refractivity contribution in [3.63, 3.8) is 0 Å². The van der Waals surface area contributed by atoms with Crippen LogP contribution < -0.4 is 4.90 Å². The average Bonchev–Trinajstić information content (AvgIpc) is 3.34. The molecule has 0 saturated heterocycles. The van der Waals surface area contributed by atoms with Gasteiger partial charge in [-0.25, -0.2) is 4.68 Å². The number of carbonyl (C=O) groups is 1. The van der Waals surface area contributed by atoms with Crippen molar-refractivity contribution in [1.29, 1.82) is 5.26 Å². The van der Waals surface area contributed by atoms with E-state index in [-0.39, 0.29) is 18.1 Å². The second-order valence-electron chi connectivity index (χ2n) is 5.28. The molecule has 0 atom stereocenters. The minimum absolute atomic E-state index is 0.0814. The monoisotopic (exact) mass is 384 g/mol. The fourth-order valence-electron chi connectivity index (χ4n) is 2.32. The van der Waals surface area contributed by atoms with Crippen LogP contribution in [-0.4, -0.2) is 38.4 Å². The summed E-state index contributed by atoms with van der Waals surface area (Å²) in [6, 6.07) is 15.4. The van der Waals surface area contributed by atoms with Gasteiger partial charge >= 0.3 is 0 Å². The molecule has 0 fully saturated rings. The molecular formula is C17H16N6OS2. The SMILES string of the molecule is N#CCCN(C(=O)CSc1nnnn1Cc1cccs1)c1ccccc1. The molecule has 0 aliphatic heterocycles. The number of hydrogen-bond donors (Lipinski definition) is 0. The van der Waals surface area contributed by atoms with E-state index in [0.717, 1.165) is 10.6 Å². The van der Waals surface area contributed by atoms with E-state index < -0.39 is 0 Å². The number of thioether (sulfide) groups is 1. The lowest BCUT2D eigenvalue weighted by Gasteiger charge is -2.21. The number of thiophene rings is 1. The molecule has 26 heavy (non-hydrogen) atoms. The van der Waals surface area contributed by atoms with Crippen molar-refractivity contribution in [2.24, 2.45) is 0 Å². The summed E-state index contributed by atoms with van der Waals surface area (Å²) in [4.78, 5) is 15.5. The summed E-state index contributed by atoms with van der Waals surface area (Å²) in [6.07, 6.45) is 0.279. The first-order chi connectivity index (χ1) is 12.8. The Balaban J connectivity index is 1.65. The molecule has 1 amide bonds. The van der Waals surface area contributed by atoms with Crippen molar-refractivity contribution in [1.82, 2.24) is 20.2 Å². The number of amides is 1. The summed E-state index contributed by atoms with van der Waals surface area (Å²) in [6.45, 7) is 0.943. The van der Waals surface area contributed by atoms with Gasteiger partial charge in [-0.3, -0.25) is 4.79 Å². The maximum atomic E-state index is 12.7. The average molecular weight is 384 g/mol. The van der Waals surface area contributed by atoms with Gasteiger partial charge in [0.05, 0.1) is 24.8 Å². The molecule has 7 nitrogen and oxygen atoms in total. The standard InChI is InChI=1S/C17H16N6OS2/c18-9-5-10-22(14-6-2-1-3-7-14)16(24)13-26-17-19-20-21-23(17)12-15-8-4-11-25-15/h1-4,6-8,11H,5,10,12-13H2. The van der Waals surface area contributed by atoms with Crippen molar-refractivity contribution in [3.8, 4) is 6.07 Å². The number of rotatable bonds is 8. The number of tetrazole rings is 1. The van der Waals surface area contributed by atoms with E-state index in [1.165, 1.54) is 11.8 Å². The minimum Gasteiger partial charge on any atom is -0.311 e. The zero-order valence-electron chi connectivity index (χ0n) is 13.9. The van der Waals surface area contributed by atoms with Gasteiger partial charge in [0.25, 0.3) is 0 Å². The van der Waals surface area contributed by atoms with E-state index in [4.69, 9.17) is 5.26 Å². The third-order valence-corrected chi connectivity index (χ3v) is 5.33. The lowest BCUT2D eigenvalue weighted by atomic mass is 10.2. The topological polar surface area (TPSA) is 87.7 Å². The quantitative estimate of drug-likeness (QED) is 0.555. The van der Waals surface area contributed by atoms with Crippen molar-refractivity contribution >= 4 is 34.7 Å². The smallest absolute Gasteiger partial charge is 0.237 e. The molecule has 0 aliphatic rings. The summed E-state index contributed by atoms with van der Waals surface area (Å²) in [7, 11) is 0. The molecule has 0 saturated carbocycles. The minimum atomic E-state index is -0.0814. The van der Waals surface area contributed by atoms with Crippen LogP contribution in [0.5, 0.6) is 0 Å². The van der Waals surface area contributed by atoms with Gasteiger partial charge in [0.15, 0.2) is 0 Å². The molecule has 132 valence electrons. The second-order valence-corrected chi connectivity index (χ2v) is 7.25. The number of aromatic nitrogens is 4. The lowest BCUT2D eigenvalue weighted by Crippen LogP contribution is -2.33. The van der Waals surface area contributed by atoms with Gasteiger partial charge in [-0.2, -0.15) is 5.26 Å². The van der Waals surface area contributed by atoms with Crippen LogP contribution in [0.15, 0.2) is 53.0 Å². The van der Waals surface area contributed by atoms with Crippen LogP contribution in [-0.2, 0) is 11.3 Å². The van der Waals surface area contributed by atoms with Crippen molar-refractivity contribution < 1.29 is 4.79 Å². The Morgan fingerprint density at radius 2 is 2.12 bits per heavy atom. The number of nitrogens with zero attached hydrogens (tertiary/aromatic N) is 6. The molecule has 9 heteroatoms. The molecular weight excluding hydrogens is 368 g/mol. The van der Waals surface area contributed by atoms with Gasteiger partial charge in [-0.1, -0.05) is 36.0 Å². The Bertz CT molecular complexity index is 872. The zero-order valence-corrected chi connectivity index (χ0v) is 15.5. The van der Waals surface area contributed by atoms with Crippen LogP contribution in [0.2, 0.25) is 0 Å². The van der Waals surface area contributed by atoms with E-state index in [1.54, 1.807) is 20.9 Å². The van der Waals surface area contributed by atoms with E-state index >= 15 is 0 Å². The van der Waals surface area contributed by atoms with Crippen LogP contribution in [0.1, 0.15) is 11.3 Å². The van der Waals surface area contributed by atoms with Gasteiger partial charge in [0, 0.05) is 17.1 Å². The summed E-state index contributed by atoms with van der Waals surface area (Å²) in [5.41, 5.74) is 0.784. The summed E-state index contributed by atoms with van der Waals surface area (Å²) in [5.74, 6) is 0.118. The highest BCUT2D eigenvalue weighted by molar-refractivity contribution is 7.99. The predicted molar refractivity (Wildman–Crippen MR) is 101 cm³/mol. The van der Waals surface area contributed by atoms with Crippen molar-refractivity contribution in [2.75, 3.05) is 17.2 Å². The van der Waals surface area contributed by atoms with Crippen LogP contribution in [0.4, 0.5) is 5.69 Å². The number of para-hydroxylation sites is 1. The van der Waals surface area contributed by atoms with Gasteiger partial charge < -0.3 is 4.90 Å². The molecule has 3 rings (SSSR count). The highest BCUT2D eigenvalue weighted by Gasteiger charge is 2.17. The molecule has 1 aromatic carbocycles. The Morgan fingerprint density at radius 3 is 2.85 bits per heavy atom. The number of carbonyl (C=O) groups excluding carboxylic acids is 1. The second kappa shape index (κ2) is 9.12. The first kappa shape index (κ1) is 18.1. The van der Waals surface area contributed by atoms with E-state index in [1.807, 2.05) is 47.8 Å². The normalized spacial score (nSPS) is 10.4. The molecule has 2 aromatic heterocycles. The van der Waals surface area contributed by atoms with Gasteiger partial charge in [-0.05, 0) is 34.0 Å².